The maximum atomic E-state index is 13.8. The van der Waals surface area contributed by atoms with E-state index < -0.39 is 5.41 Å². The molecule has 1 aliphatic carbocycles. The predicted octanol–water partition coefficient (Wildman–Crippen LogP) is 3.23. The first-order valence-electron chi connectivity index (χ1n) is 10.2. The second kappa shape index (κ2) is 8.87. The lowest BCUT2D eigenvalue weighted by atomic mass is 9.64. The molecule has 1 heterocycles. The van der Waals surface area contributed by atoms with Crippen molar-refractivity contribution in [3.63, 3.8) is 0 Å². The number of benzene rings is 1. The molecule has 0 bridgehead atoms. The Bertz CT molecular complexity index is 648. The summed E-state index contributed by atoms with van der Waals surface area (Å²) in [6.45, 7) is 4.48. The Morgan fingerprint density at radius 1 is 1.26 bits per heavy atom. The Balaban J connectivity index is 1.85. The Morgan fingerprint density at radius 2 is 2.04 bits per heavy atom. The number of rotatable bonds is 7. The highest BCUT2D eigenvalue weighted by atomic mass is 16.5. The molecule has 3 rings (SSSR count). The van der Waals surface area contributed by atoms with Gasteiger partial charge < -0.3 is 14.5 Å². The molecular formula is C22H32N2O3. The summed E-state index contributed by atoms with van der Waals surface area (Å²) in [5.74, 6) is 0.405. The molecule has 1 aromatic rings. The van der Waals surface area contributed by atoms with Gasteiger partial charge in [0.05, 0.1) is 12.0 Å². The average Bonchev–Trinajstić information content (AvgIpc) is 2.71. The Hall–Kier alpha value is -1.88. The smallest absolute Gasteiger partial charge is 0.231 e. The van der Waals surface area contributed by atoms with E-state index >= 15 is 0 Å². The van der Waals surface area contributed by atoms with Crippen LogP contribution in [-0.4, -0.2) is 54.5 Å². The summed E-state index contributed by atoms with van der Waals surface area (Å²) in [7, 11) is 1.66. The lowest BCUT2D eigenvalue weighted by Gasteiger charge is -2.52. The summed E-state index contributed by atoms with van der Waals surface area (Å²) in [6, 6.07) is 10.2. The molecule has 0 N–H and O–H groups in total. The van der Waals surface area contributed by atoms with Crippen LogP contribution >= 0.6 is 0 Å². The van der Waals surface area contributed by atoms with Gasteiger partial charge in [-0.3, -0.25) is 9.59 Å². The largest absolute Gasteiger partial charge is 0.383 e. The lowest BCUT2D eigenvalue weighted by Crippen LogP contribution is -2.62. The lowest BCUT2D eigenvalue weighted by molar-refractivity contribution is -0.163. The number of carbonyl (C=O) groups is 2. The fraction of sp³-hybridized carbons (Fsp3) is 0.636. The summed E-state index contributed by atoms with van der Waals surface area (Å²) in [4.78, 5) is 30.3. The van der Waals surface area contributed by atoms with Crippen molar-refractivity contribution in [2.24, 2.45) is 5.41 Å². The zero-order valence-electron chi connectivity index (χ0n) is 16.7. The number of carbonyl (C=O) groups excluding carboxylic acids is 2. The highest BCUT2D eigenvalue weighted by Crippen LogP contribution is 2.47. The van der Waals surface area contributed by atoms with E-state index in [9.17, 15) is 9.59 Å². The van der Waals surface area contributed by atoms with Gasteiger partial charge in [0.15, 0.2) is 0 Å². The fourth-order valence-corrected chi connectivity index (χ4v) is 4.89. The van der Waals surface area contributed by atoms with E-state index in [-0.39, 0.29) is 17.9 Å². The normalized spacial score (nSPS) is 25.2. The Morgan fingerprint density at radius 3 is 2.74 bits per heavy atom. The molecular weight excluding hydrogens is 340 g/mol. The van der Waals surface area contributed by atoms with Gasteiger partial charge in [-0.05, 0) is 31.7 Å². The number of nitrogens with zero attached hydrogens (tertiary/aromatic N) is 2. The van der Waals surface area contributed by atoms with E-state index in [2.05, 4.69) is 12.1 Å². The number of fused-ring (bicyclic) bond motifs is 1. The van der Waals surface area contributed by atoms with E-state index in [0.29, 0.717) is 39.1 Å². The van der Waals surface area contributed by atoms with Gasteiger partial charge in [0.1, 0.15) is 0 Å². The second-order valence-corrected chi connectivity index (χ2v) is 7.80. The first-order valence-corrected chi connectivity index (χ1v) is 10.2. The number of amides is 2. The quantitative estimate of drug-likeness (QED) is 0.738. The molecule has 2 amide bonds. The predicted molar refractivity (Wildman–Crippen MR) is 105 cm³/mol. The zero-order valence-corrected chi connectivity index (χ0v) is 16.7. The topological polar surface area (TPSA) is 49.9 Å². The van der Waals surface area contributed by atoms with Crippen molar-refractivity contribution in [1.82, 2.24) is 9.80 Å². The van der Waals surface area contributed by atoms with Crippen LogP contribution in [0.5, 0.6) is 0 Å². The molecule has 2 fully saturated rings. The molecule has 5 heteroatoms. The number of piperidine rings is 1. The van der Waals surface area contributed by atoms with Crippen LogP contribution in [0.25, 0.3) is 0 Å². The third-order valence-corrected chi connectivity index (χ3v) is 6.32. The molecule has 1 saturated heterocycles. The van der Waals surface area contributed by atoms with Crippen LogP contribution < -0.4 is 0 Å². The second-order valence-electron chi connectivity index (χ2n) is 7.80. The molecule has 27 heavy (non-hydrogen) atoms. The van der Waals surface area contributed by atoms with E-state index in [1.807, 2.05) is 34.9 Å². The van der Waals surface area contributed by atoms with Crippen molar-refractivity contribution in [3.8, 4) is 0 Å². The van der Waals surface area contributed by atoms with Gasteiger partial charge in [0, 0.05) is 39.2 Å². The third-order valence-electron chi connectivity index (χ3n) is 6.32. The molecule has 0 spiro atoms. The van der Waals surface area contributed by atoms with Gasteiger partial charge in [0.25, 0.3) is 0 Å². The van der Waals surface area contributed by atoms with Crippen LogP contribution in [0, 0.1) is 5.41 Å². The van der Waals surface area contributed by atoms with E-state index in [1.54, 1.807) is 7.11 Å². The summed E-state index contributed by atoms with van der Waals surface area (Å²) in [5, 5.41) is 0. The molecule has 2 atom stereocenters. The highest BCUT2D eigenvalue weighted by molar-refractivity contribution is 5.88. The number of hydrogen-bond donors (Lipinski definition) is 0. The molecule has 1 aromatic carbocycles. The van der Waals surface area contributed by atoms with Crippen LogP contribution in [0.2, 0.25) is 0 Å². The van der Waals surface area contributed by atoms with E-state index in [4.69, 9.17) is 4.74 Å². The summed E-state index contributed by atoms with van der Waals surface area (Å²) < 4.78 is 5.22. The van der Waals surface area contributed by atoms with Gasteiger partial charge in [-0.2, -0.15) is 0 Å². The maximum Gasteiger partial charge on any atom is 0.231 e. The Labute approximate surface area is 162 Å². The van der Waals surface area contributed by atoms with Gasteiger partial charge in [-0.1, -0.05) is 43.2 Å². The van der Waals surface area contributed by atoms with Gasteiger partial charge in [-0.15, -0.1) is 0 Å². The van der Waals surface area contributed by atoms with Crippen molar-refractivity contribution in [3.05, 3.63) is 35.9 Å². The van der Waals surface area contributed by atoms with Gasteiger partial charge >= 0.3 is 0 Å². The van der Waals surface area contributed by atoms with Crippen molar-refractivity contribution in [2.45, 2.75) is 58.0 Å². The number of ether oxygens (including phenoxy) is 1. The van der Waals surface area contributed by atoms with Crippen molar-refractivity contribution >= 4 is 11.8 Å². The molecule has 1 saturated carbocycles. The van der Waals surface area contributed by atoms with Gasteiger partial charge in [-0.25, -0.2) is 0 Å². The minimum atomic E-state index is -0.426. The summed E-state index contributed by atoms with van der Waals surface area (Å²) >= 11 is 0. The highest BCUT2D eigenvalue weighted by Gasteiger charge is 2.54. The van der Waals surface area contributed by atoms with Crippen LogP contribution in [0.1, 0.15) is 51.0 Å². The van der Waals surface area contributed by atoms with E-state index in [1.165, 1.54) is 0 Å². The van der Waals surface area contributed by atoms with Crippen LogP contribution in [0.15, 0.2) is 30.3 Å². The van der Waals surface area contributed by atoms with Crippen molar-refractivity contribution in [2.75, 3.05) is 26.8 Å². The standard InChI is InChI=1S/C22H32N2O3/c1-3-23(17-18-9-5-4-6-10-18)21(26)22-13-8-7-11-19(22)24(15-16-27-2)20(25)12-14-22/h4-6,9-10,19H,3,7-8,11-17H2,1-2H3/t19-,22-/m1/s1. The molecule has 0 radical (unpaired) electrons. The molecule has 0 unspecified atom stereocenters. The average molecular weight is 373 g/mol. The van der Waals surface area contributed by atoms with Crippen LogP contribution in [0.4, 0.5) is 0 Å². The van der Waals surface area contributed by atoms with Crippen LogP contribution in [0.3, 0.4) is 0 Å². The minimum Gasteiger partial charge on any atom is -0.383 e. The summed E-state index contributed by atoms with van der Waals surface area (Å²) in [6.07, 6.45) is 5.11. The fourth-order valence-electron chi connectivity index (χ4n) is 4.89. The number of methoxy groups -OCH3 is 1. The zero-order chi connectivity index (χ0) is 19.3. The first kappa shape index (κ1) is 19.9. The monoisotopic (exact) mass is 372 g/mol. The third kappa shape index (κ3) is 4.03. The Kier molecular flexibility index (Phi) is 6.53. The SMILES string of the molecule is CCN(Cc1ccccc1)C(=O)[C@@]12CCCC[C@H]1N(CCOC)C(=O)CC2. The van der Waals surface area contributed by atoms with E-state index in [0.717, 1.165) is 31.2 Å². The van der Waals surface area contributed by atoms with Crippen molar-refractivity contribution in [1.29, 1.82) is 0 Å². The van der Waals surface area contributed by atoms with Crippen molar-refractivity contribution < 1.29 is 14.3 Å². The first-order chi connectivity index (χ1) is 13.1. The molecule has 0 aromatic heterocycles. The molecule has 5 nitrogen and oxygen atoms in total. The van der Waals surface area contributed by atoms with Gasteiger partial charge in [0.2, 0.25) is 11.8 Å². The molecule has 148 valence electrons. The molecule has 1 aliphatic heterocycles. The number of likely N-dealkylation sites (tertiary alicyclic amines) is 1. The molecule has 2 aliphatic rings. The summed E-state index contributed by atoms with van der Waals surface area (Å²) in [5.41, 5.74) is 0.726. The maximum absolute atomic E-state index is 13.8. The minimum absolute atomic E-state index is 0.0139. The number of hydrogen-bond acceptors (Lipinski definition) is 3. The van der Waals surface area contributed by atoms with Crippen LogP contribution in [-0.2, 0) is 20.9 Å².